The average Bonchev–Trinajstić information content (AvgIpc) is 2.71. The maximum Gasteiger partial charge on any atom is 0.514 e. The molecule has 0 amide bonds. The molecule has 7 heteroatoms. The molecule has 0 heterocycles. The fourth-order valence-corrected chi connectivity index (χ4v) is 2.55. The standard InChI is InChI=1S/C23H24O6.V/c1-5-15-26-21(24)28-19-11-7-17(8-12-19)23(3,4)18-9-13-20(14-10-18)29-22(25)27-16-6-2;/h5-14H,1-2,15-16H2,3-4H3;. The fourth-order valence-electron chi connectivity index (χ4n) is 2.55. The van der Waals surface area contributed by atoms with Crippen molar-refractivity contribution in [2.75, 3.05) is 13.2 Å². The van der Waals surface area contributed by atoms with Crippen LogP contribution in [-0.2, 0) is 33.4 Å². The largest absolute Gasteiger partial charge is 0.514 e. The molecule has 2 aromatic rings. The van der Waals surface area contributed by atoms with Crippen molar-refractivity contribution in [1.82, 2.24) is 0 Å². The van der Waals surface area contributed by atoms with Gasteiger partial charge in [0.15, 0.2) is 0 Å². The molecule has 0 bridgehead atoms. The molecule has 30 heavy (non-hydrogen) atoms. The molecule has 0 fully saturated rings. The summed E-state index contributed by atoms with van der Waals surface area (Å²) in [5.41, 5.74) is 1.70. The van der Waals surface area contributed by atoms with E-state index in [4.69, 9.17) is 18.9 Å². The molecule has 0 atom stereocenters. The van der Waals surface area contributed by atoms with Crippen LogP contribution in [0.25, 0.3) is 0 Å². The molecular formula is C23H24O6V. The van der Waals surface area contributed by atoms with Crippen molar-refractivity contribution in [2.45, 2.75) is 19.3 Å². The van der Waals surface area contributed by atoms with E-state index >= 15 is 0 Å². The summed E-state index contributed by atoms with van der Waals surface area (Å²) in [6.07, 6.45) is 1.37. The zero-order chi connectivity index (χ0) is 21.3. The summed E-state index contributed by atoms with van der Waals surface area (Å²) >= 11 is 0. The fraction of sp³-hybridized carbons (Fsp3) is 0.217. The van der Waals surface area contributed by atoms with Gasteiger partial charge in [-0.15, -0.1) is 0 Å². The van der Waals surface area contributed by atoms with E-state index in [1.54, 1.807) is 24.3 Å². The molecule has 6 nitrogen and oxygen atoms in total. The molecule has 0 aromatic heterocycles. The molecule has 0 unspecified atom stereocenters. The van der Waals surface area contributed by atoms with Gasteiger partial charge in [0.1, 0.15) is 24.7 Å². The molecule has 0 saturated carbocycles. The first-order valence-corrected chi connectivity index (χ1v) is 8.99. The molecular weight excluding hydrogens is 423 g/mol. The summed E-state index contributed by atoms with van der Waals surface area (Å²) < 4.78 is 19.8. The Balaban J connectivity index is 0.00000450. The summed E-state index contributed by atoms with van der Waals surface area (Å²) in [6, 6.07) is 14.4. The van der Waals surface area contributed by atoms with Gasteiger partial charge in [-0.3, -0.25) is 0 Å². The Morgan fingerprint density at radius 2 is 1.10 bits per heavy atom. The molecule has 1 radical (unpaired) electrons. The minimum Gasteiger partial charge on any atom is -0.430 e. The minimum atomic E-state index is -0.779. The van der Waals surface area contributed by atoms with Crippen molar-refractivity contribution in [2.24, 2.45) is 0 Å². The van der Waals surface area contributed by atoms with Crippen LogP contribution in [0.3, 0.4) is 0 Å². The number of hydrogen-bond donors (Lipinski definition) is 0. The van der Waals surface area contributed by atoms with Gasteiger partial charge in [-0.2, -0.15) is 0 Å². The van der Waals surface area contributed by atoms with Gasteiger partial charge >= 0.3 is 12.3 Å². The van der Waals surface area contributed by atoms with Crippen LogP contribution in [-0.4, -0.2) is 25.5 Å². The van der Waals surface area contributed by atoms with Gasteiger partial charge in [0.2, 0.25) is 0 Å². The zero-order valence-electron chi connectivity index (χ0n) is 17.0. The molecule has 0 N–H and O–H groups in total. The van der Waals surface area contributed by atoms with Gasteiger partial charge in [0, 0.05) is 24.0 Å². The van der Waals surface area contributed by atoms with Crippen molar-refractivity contribution >= 4 is 12.3 Å². The van der Waals surface area contributed by atoms with Crippen LogP contribution in [0, 0.1) is 0 Å². The van der Waals surface area contributed by atoms with Crippen molar-refractivity contribution < 1.29 is 47.1 Å². The summed E-state index contributed by atoms with van der Waals surface area (Å²) in [5, 5.41) is 0. The number of benzene rings is 2. The maximum absolute atomic E-state index is 11.5. The van der Waals surface area contributed by atoms with Crippen LogP contribution in [0.1, 0.15) is 25.0 Å². The Bertz CT molecular complexity index is 785. The van der Waals surface area contributed by atoms with Gasteiger partial charge in [0.05, 0.1) is 0 Å². The van der Waals surface area contributed by atoms with E-state index in [-0.39, 0.29) is 37.2 Å². The van der Waals surface area contributed by atoms with Crippen LogP contribution in [0.2, 0.25) is 0 Å². The third-order valence-corrected chi connectivity index (χ3v) is 4.19. The Hall–Kier alpha value is -2.96. The van der Waals surface area contributed by atoms with E-state index in [0.717, 1.165) is 11.1 Å². The van der Waals surface area contributed by atoms with Gasteiger partial charge in [0.25, 0.3) is 0 Å². The van der Waals surface area contributed by atoms with E-state index in [1.165, 1.54) is 12.2 Å². The molecule has 0 aliphatic heterocycles. The topological polar surface area (TPSA) is 71.1 Å². The Labute approximate surface area is 188 Å². The number of carbonyl (C=O) groups is 2. The van der Waals surface area contributed by atoms with Gasteiger partial charge in [-0.1, -0.05) is 63.4 Å². The summed E-state index contributed by atoms with van der Waals surface area (Å²) in [7, 11) is 0. The molecule has 0 aliphatic carbocycles. The van der Waals surface area contributed by atoms with Crippen LogP contribution in [0.5, 0.6) is 11.5 Å². The van der Waals surface area contributed by atoms with Crippen LogP contribution in [0.15, 0.2) is 73.8 Å². The van der Waals surface area contributed by atoms with Crippen molar-refractivity contribution in [3.05, 3.63) is 85.0 Å². The van der Waals surface area contributed by atoms with E-state index in [2.05, 4.69) is 27.0 Å². The second-order valence-electron chi connectivity index (χ2n) is 6.58. The van der Waals surface area contributed by atoms with E-state index in [9.17, 15) is 9.59 Å². The molecule has 0 spiro atoms. The summed E-state index contributed by atoms with van der Waals surface area (Å²) in [6.45, 7) is 11.3. The summed E-state index contributed by atoms with van der Waals surface area (Å²) in [5.74, 6) is 0.779. The van der Waals surface area contributed by atoms with Crippen molar-refractivity contribution in [3.8, 4) is 11.5 Å². The van der Waals surface area contributed by atoms with Crippen LogP contribution in [0.4, 0.5) is 9.59 Å². The minimum absolute atomic E-state index is 0. The SMILES string of the molecule is C=CCOC(=O)Oc1ccc(C(C)(C)c2ccc(OC(=O)OCC=C)cc2)cc1.[V]. The number of carbonyl (C=O) groups excluding carboxylic acids is 2. The monoisotopic (exact) mass is 447 g/mol. The smallest absolute Gasteiger partial charge is 0.430 e. The molecule has 0 aliphatic rings. The quantitative estimate of drug-likeness (QED) is 0.306. The molecule has 157 valence electrons. The first-order valence-electron chi connectivity index (χ1n) is 8.99. The van der Waals surface area contributed by atoms with E-state index in [1.807, 2.05) is 24.3 Å². The second kappa shape index (κ2) is 11.9. The Kier molecular flexibility index (Phi) is 9.95. The second-order valence-corrected chi connectivity index (χ2v) is 6.58. The predicted octanol–water partition coefficient (Wildman–Crippen LogP) is 5.41. The Morgan fingerprint density at radius 1 is 0.767 bits per heavy atom. The maximum atomic E-state index is 11.5. The number of hydrogen-bond acceptors (Lipinski definition) is 6. The van der Waals surface area contributed by atoms with Gasteiger partial charge in [-0.05, 0) is 35.4 Å². The first kappa shape index (κ1) is 25.1. The summed E-state index contributed by atoms with van der Waals surface area (Å²) in [4.78, 5) is 23.0. The van der Waals surface area contributed by atoms with Crippen molar-refractivity contribution in [1.29, 1.82) is 0 Å². The van der Waals surface area contributed by atoms with Gasteiger partial charge in [-0.25, -0.2) is 9.59 Å². The molecule has 0 saturated heterocycles. The predicted molar refractivity (Wildman–Crippen MR) is 109 cm³/mol. The number of ether oxygens (including phenoxy) is 4. The third-order valence-electron chi connectivity index (χ3n) is 4.19. The van der Waals surface area contributed by atoms with E-state index < -0.39 is 12.3 Å². The van der Waals surface area contributed by atoms with Crippen molar-refractivity contribution in [3.63, 3.8) is 0 Å². The Morgan fingerprint density at radius 3 is 1.40 bits per heavy atom. The number of rotatable bonds is 8. The third kappa shape index (κ3) is 7.14. The average molecular weight is 447 g/mol. The van der Waals surface area contributed by atoms with Gasteiger partial charge < -0.3 is 18.9 Å². The molecule has 2 rings (SSSR count). The zero-order valence-corrected chi connectivity index (χ0v) is 18.4. The van der Waals surface area contributed by atoms with Crippen LogP contribution >= 0.6 is 0 Å². The first-order chi connectivity index (χ1) is 13.9. The van der Waals surface area contributed by atoms with E-state index in [0.29, 0.717) is 11.5 Å². The molecule has 2 aromatic carbocycles. The normalized spacial score (nSPS) is 10.2. The van der Waals surface area contributed by atoms with Crippen LogP contribution < -0.4 is 9.47 Å².